The Morgan fingerprint density at radius 2 is 2.05 bits per heavy atom. The number of likely N-dealkylation sites (N-methyl/N-ethyl adjacent to an activating group) is 1. The van der Waals surface area contributed by atoms with Gasteiger partial charge < -0.3 is 0 Å². The summed E-state index contributed by atoms with van der Waals surface area (Å²) in [4.78, 5) is 13.6. The molecule has 0 aliphatic rings. The number of carbonyl (C=O) groups is 1. The van der Waals surface area contributed by atoms with Gasteiger partial charge in [-0.15, -0.1) is 10.2 Å². The molecule has 0 unspecified atom stereocenters. The minimum Gasteiger partial charge on any atom is -0.299 e. The minimum absolute atomic E-state index is 0.0865. The normalized spacial score (nSPS) is 11.1. The number of aromatic nitrogens is 2. The van der Waals surface area contributed by atoms with Gasteiger partial charge in [0, 0.05) is 6.54 Å². The van der Waals surface area contributed by atoms with Crippen LogP contribution in [0.1, 0.15) is 17.0 Å². The molecule has 5 nitrogen and oxygen atoms in total. The molecule has 1 aromatic carbocycles. The average Bonchev–Trinajstić information content (AvgIpc) is 2.88. The van der Waals surface area contributed by atoms with Gasteiger partial charge in [-0.1, -0.05) is 41.7 Å². The molecule has 21 heavy (non-hydrogen) atoms. The zero-order chi connectivity index (χ0) is 15.2. The first-order chi connectivity index (χ1) is 10.0. The molecule has 0 saturated carbocycles. The lowest BCUT2D eigenvalue weighted by atomic mass is 10.2. The SMILES string of the molecule is CN(CC(=O)Nc1nnc(C(F)F)s1)Cc1ccccc1. The molecule has 2 rings (SSSR count). The molecule has 8 heteroatoms. The lowest BCUT2D eigenvalue weighted by Gasteiger charge is -2.15. The molecular formula is C13H14F2N4OS. The van der Waals surface area contributed by atoms with E-state index in [0.29, 0.717) is 17.9 Å². The van der Waals surface area contributed by atoms with Crippen LogP contribution in [0, 0.1) is 0 Å². The molecule has 1 heterocycles. The van der Waals surface area contributed by atoms with E-state index in [4.69, 9.17) is 0 Å². The largest absolute Gasteiger partial charge is 0.299 e. The van der Waals surface area contributed by atoms with Crippen LogP contribution in [0.25, 0.3) is 0 Å². The molecule has 112 valence electrons. The van der Waals surface area contributed by atoms with Gasteiger partial charge in [-0.05, 0) is 12.6 Å². The summed E-state index contributed by atoms with van der Waals surface area (Å²) in [5.74, 6) is -0.314. The number of halogens is 2. The zero-order valence-corrected chi connectivity index (χ0v) is 12.1. The summed E-state index contributed by atoms with van der Waals surface area (Å²) in [7, 11) is 1.80. The van der Waals surface area contributed by atoms with Gasteiger partial charge in [-0.25, -0.2) is 8.78 Å². The first-order valence-corrected chi connectivity index (χ1v) is 7.00. The van der Waals surface area contributed by atoms with Gasteiger partial charge in [0.15, 0.2) is 5.01 Å². The maximum absolute atomic E-state index is 12.4. The molecule has 0 aliphatic heterocycles. The first kappa shape index (κ1) is 15.5. The van der Waals surface area contributed by atoms with Crippen molar-refractivity contribution in [2.45, 2.75) is 13.0 Å². The van der Waals surface area contributed by atoms with Crippen LogP contribution >= 0.6 is 11.3 Å². The van der Waals surface area contributed by atoms with E-state index in [2.05, 4.69) is 15.5 Å². The second kappa shape index (κ2) is 7.19. The highest BCUT2D eigenvalue weighted by molar-refractivity contribution is 7.15. The number of rotatable bonds is 6. The number of carbonyl (C=O) groups excluding carboxylic acids is 1. The van der Waals surface area contributed by atoms with Crippen LogP contribution in [-0.2, 0) is 11.3 Å². The number of anilines is 1. The predicted octanol–water partition coefficient (Wildman–Crippen LogP) is 2.55. The van der Waals surface area contributed by atoms with Gasteiger partial charge in [0.05, 0.1) is 6.54 Å². The van der Waals surface area contributed by atoms with Crippen molar-refractivity contribution in [1.29, 1.82) is 0 Å². The van der Waals surface area contributed by atoms with Crippen LogP contribution in [0.5, 0.6) is 0 Å². The van der Waals surface area contributed by atoms with Crippen molar-refractivity contribution in [2.24, 2.45) is 0 Å². The Morgan fingerprint density at radius 1 is 1.33 bits per heavy atom. The zero-order valence-electron chi connectivity index (χ0n) is 11.3. The van der Waals surface area contributed by atoms with Crippen molar-refractivity contribution in [3.8, 4) is 0 Å². The van der Waals surface area contributed by atoms with E-state index < -0.39 is 11.4 Å². The number of amides is 1. The Morgan fingerprint density at radius 3 is 2.67 bits per heavy atom. The van der Waals surface area contributed by atoms with Gasteiger partial charge in [-0.2, -0.15) is 0 Å². The highest BCUT2D eigenvalue weighted by Crippen LogP contribution is 2.24. The van der Waals surface area contributed by atoms with E-state index >= 15 is 0 Å². The van der Waals surface area contributed by atoms with Crippen molar-refractivity contribution in [1.82, 2.24) is 15.1 Å². The summed E-state index contributed by atoms with van der Waals surface area (Å²) in [6.07, 6.45) is -2.67. The topological polar surface area (TPSA) is 58.1 Å². The molecule has 0 atom stereocenters. The molecule has 2 aromatic rings. The summed E-state index contributed by atoms with van der Waals surface area (Å²) in [6, 6.07) is 9.71. The quantitative estimate of drug-likeness (QED) is 0.890. The molecule has 1 N–H and O–H groups in total. The standard InChI is InChI=1S/C13H14F2N4OS/c1-19(7-9-5-3-2-4-6-9)8-10(20)16-13-18-17-12(21-13)11(14)15/h2-6,11H,7-8H2,1H3,(H,16,18,20). The maximum atomic E-state index is 12.4. The van der Waals surface area contributed by atoms with E-state index in [1.54, 1.807) is 7.05 Å². The van der Waals surface area contributed by atoms with E-state index in [9.17, 15) is 13.6 Å². The second-order valence-corrected chi connectivity index (χ2v) is 5.46. The smallest absolute Gasteiger partial charge is 0.291 e. The molecule has 1 aromatic heterocycles. The molecule has 0 aliphatic carbocycles. The second-order valence-electron chi connectivity index (χ2n) is 4.45. The fourth-order valence-electron chi connectivity index (χ4n) is 1.73. The Labute approximate surface area is 124 Å². The monoisotopic (exact) mass is 312 g/mol. The highest BCUT2D eigenvalue weighted by Gasteiger charge is 2.15. The van der Waals surface area contributed by atoms with Crippen LogP contribution in [0.3, 0.4) is 0 Å². The fraction of sp³-hybridized carbons (Fsp3) is 0.308. The van der Waals surface area contributed by atoms with Crippen LogP contribution < -0.4 is 5.32 Å². The summed E-state index contributed by atoms with van der Waals surface area (Å²) < 4.78 is 24.7. The fourth-order valence-corrected chi connectivity index (χ4v) is 2.34. The highest BCUT2D eigenvalue weighted by atomic mass is 32.1. The lowest BCUT2D eigenvalue weighted by molar-refractivity contribution is -0.117. The van der Waals surface area contributed by atoms with Crippen molar-refractivity contribution in [3.63, 3.8) is 0 Å². The third-order valence-electron chi connectivity index (χ3n) is 2.58. The maximum Gasteiger partial charge on any atom is 0.291 e. The van der Waals surface area contributed by atoms with Gasteiger partial charge in [-0.3, -0.25) is 15.0 Å². The van der Waals surface area contributed by atoms with E-state index in [-0.39, 0.29) is 17.6 Å². The Hall–Kier alpha value is -1.93. The van der Waals surface area contributed by atoms with Gasteiger partial charge in [0.25, 0.3) is 6.43 Å². The minimum atomic E-state index is -2.67. The van der Waals surface area contributed by atoms with E-state index in [1.807, 2.05) is 35.2 Å². The van der Waals surface area contributed by atoms with E-state index in [1.165, 1.54) is 0 Å². The molecule has 0 radical (unpaired) electrons. The van der Waals surface area contributed by atoms with Gasteiger partial charge in [0.1, 0.15) is 0 Å². The van der Waals surface area contributed by atoms with Crippen LogP contribution in [0.15, 0.2) is 30.3 Å². The van der Waals surface area contributed by atoms with Crippen LogP contribution in [0.2, 0.25) is 0 Å². The van der Waals surface area contributed by atoms with Crippen LogP contribution in [-0.4, -0.2) is 34.6 Å². The Bertz CT molecular complexity index is 591. The number of hydrogen-bond acceptors (Lipinski definition) is 5. The van der Waals surface area contributed by atoms with Crippen molar-refractivity contribution < 1.29 is 13.6 Å². The molecule has 0 saturated heterocycles. The number of hydrogen-bond donors (Lipinski definition) is 1. The summed E-state index contributed by atoms with van der Waals surface area (Å²) in [6.45, 7) is 0.755. The molecule has 0 fully saturated rings. The predicted molar refractivity (Wildman–Crippen MR) is 76.3 cm³/mol. The summed E-state index contributed by atoms with van der Waals surface area (Å²) in [5, 5.41) is 8.96. The molecular weight excluding hydrogens is 298 g/mol. The van der Waals surface area contributed by atoms with Crippen molar-refractivity contribution >= 4 is 22.4 Å². The van der Waals surface area contributed by atoms with E-state index in [0.717, 1.165) is 5.56 Å². The Balaban J connectivity index is 1.83. The Kier molecular flexibility index (Phi) is 5.29. The third kappa shape index (κ3) is 4.83. The molecule has 0 spiro atoms. The number of nitrogens with zero attached hydrogens (tertiary/aromatic N) is 3. The first-order valence-electron chi connectivity index (χ1n) is 6.18. The molecule has 1 amide bonds. The number of benzene rings is 1. The van der Waals surface area contributed by atoms with Gasteiger partial charge in [0.2, 0.25) is 11.0 Å². The summed E-state index contributed by atoms with van der Waals surface area (Å²) in [5.41, 5.74) is 1.09. The number of alkyl halides is 2. The molecule has 0 bridgehead atoms. The lowest BCUT2D eigenvalue weighted by Crippen LogP contribution is -2.29. The van der Waals surface area contributed by atoms with Crippen molar-refractivity contribution in [3.05, 3.63) is 40.9 Å². The average molecular weight is 312 g/mol. The van der Waals surface area contributed by atoms with Gasteiger partial charge >= 0.3 is 0 Å². The van der Waals surface area contributed by atoms with Crippen LogP contribution in [0.4, 0.5) is 13.9 Å². The summed E-state index contributed by atoms with van der Waals surface area (Å²) >= 11 is 0.678. The number of nitrogens with one attached hydrogen (secondary N) is 1. The van der Waals surface area contributed by atoms with Crippen molar-refractivity contribution in [2.75, 3.05) is 18.9 Å². The third-order valence-corrected chi connectivity index (χ3v) is 3.43.